The highest BCUT2D eigenvalue weighted by Gasteiger charge is 2.47. The van der Waals surface area contributed by atoms with E-state index in [1.807, 2.05) is 6.07 Å². The summed E-state index contributed by atoms with van der Waals surface area (Å²) in [6.07, 6.45) is 5.87. The molecule has 1 N–H and O–H groups in total. The zero-order chi connectivity index (χ0) is 13.9. The van der Waals surface area contributed by atoms with Gasteiger partial charge in [-0.1, -0.05) is 17.2 Å². The molecule has 20 heavy (non-hydrogen) atoms. The van der Waals surface area contributed by atoms with Gasteiger partial charge in [0.25, 0.3) is 0 Å². The molecule has 0 bridgehead atoms. The summed E-state index contributed by atoms with van der Waals surface area (Å²) in [6, 6.07) is 5.82. The molecule has 2 atom stereocenters. The number of hydrogen-bond acceptors (Lipinski definition) is 2. The Kier molecular flexibility index (Phi) is 2.42. The first-order valence-corrected chi connectivity index (χ1v) is 7.67. The quantitative estimate of drug-likeness (QED) is 0.725. The highest BCUT2D eigenvalue weighted by atomic mass is 16.3. The van der Waals surface area contributed by atoms with Crippen LogP contribution in [-0.2, 0) is 11.2 Å². The summed E-state index contributed by atoms with van der Waals surface area (Å²) in [5.74, 6) is 1.32. The second kappa shape index (κ2) is 3.97. The third kappa shape index (κ3) is 1.48. The summed E-state index contributed by atoms with van der Waals surface area (Å²) in [5.41, 5.74) is 5.53. The van der Waals surface area contributed by atoms with E-state index < -0.39 is 0 Å². The number of carbonyl (C=O) groups excluding carboxylic acids is 1. The van der Waals surface area contributed by atoms with E-state index in [-0.39, 0.29) is 5.41 Å². The Bertz CT molecular complexity index is 641. The zero-order valence-corrected chi connectivity index (χ0v) is 11.9. The third-order valence-corrected chi connectivity index (χ3v) is 5.79. The van der Waals surface area contributed by atoms with Crippen LogP contribution in [0.3, 0.4) is 0 Å². The number of allylic oxidation sites excluding steroid dienone is 2. The van der Waals surface area contributed by atoms with Gasteiger partial charge in [0.1, 0.15) is 11.5 Å². The van der Waals surface area contributed by atoms with E-state index in [9.17, 15) is 9.90 Å². The number of rotatable bonds is 0. The van der Waals surface area contributed by atoms with Crippen LogP contribution in [0.15, 0.2) is 29.3 Å². The largest absolute Gasteiger partial charge is 0.508 e. The molecular weight excluding hydrogens is 248 g/mol. The van der Waals surface area contributed by atoms with Crippen LogP contribution < -0.4 is 0 Å². The summed E-state index contributed by atoms with van der Waals surface area (Å²) < 4.78 is 0. The number of fused-ring (bicyclic) bond motifs is 4. The second-order valence-electron chi connectivity index (χ2n) is 6.73. The van der Waals surface area contributed by atoms with Crippen LogP contribution in [0.2, 0.25) is 0 Å². The van der Waals surface area contributed by atoms with E-state index in [0.29, 0.717) is 17.5 Å². The van der Waals surface area contributed by atoms with Gasteiger partial charge in [0.05, 0.1) is 0 Å². The van der Waals surface area contributed by atoms with E-state index in [1.165, 1.54) is 16.7 Å². The molecule has 104 valence electrons. The Morgan fingerprint density at radius 3 is 2.90 bits per heavy atom. The molecular formula is C18H20O2. The van der Waals surface area contributed by atoms with Crippen LogP contribution in [0.4, 0.5) is 0 Å². The Labute approximate surface area is 119 Å². The Hall–Kier alpha value is -1.57. The fourth-order valence-electron chi connectivity index (χ4n) is 4.67. The number of hydrogen-bond donors (Lipinski definition) is 1. The van der Waals surface area contributed by atoms with Crippen molar-refractivity contribution in [3.8, 4) is 5.75 Å². The fraction of sp³-hybridized carbons (Fsp3) is 0.500. The number of phenols is 1. The average molecular weight is 268 g/mol. The van der Waals surface area contributed by atoms with Gasteiger partial charge >= 0.3 is 0 Å². The molecule has 0 heterocycles. The standard InChI is InChI=1S/C18H20O2/c1-18-9-8-14-13-5-3-12(19)10-11(13)2-4-15(14)16(18)6-7-17(18)20/h3,5,10,14,19H,2,4,6-9H2,1H3/t14-,18+/m1/s1. The second-order valence-corrected chi connectivity index (χ2v) is 6.73. The van der Waals surface area contributed by atoms with Gasteiger partial charge < -0.3 is 5.11 Å². The van der Waals surface area contributed by atoms with Gasteiger partial charge in [-0.15, -0.1) is 0 Å². The first kappa shape index (κ1) is 12.2. The van der Waals surface area contributed by atoms with Crippen molar-refractivity contribution >= 4 is 5.78 Å². The number of carbonyl (C=O) groups is 1. The molecule has 0 amide bonds. The SMILES string of the molecule is C[C@]12CC[C@H]3C(=C1CCC2=O)CCc1cc(O)ccc13. The van der Waals surface area contributed by atoms with Crippen LogP contribution in [0.5, 0.6) is 5.75 Å². The number of aromatic hydroxyl groups is 1. The molecule has 3 aliphatic carbocycles. The summed E-state index contributed by atoms with van der Waals surface area (Å²) in [7, 11) is 0. The molecule has 0 spiro atoms. The predicted molar refractivity (Wildman–Crippen MR) is 77.8 cm³/mol. The normalized spacial score (nSPS) is 31.9. The zero-order valence-electron chi connectivity index (χ0n) is 11.9. The first-order chi connectivity index (χ1) is 9.59. The minimum absolute atomic E-state index is 0.153. The number of aryl methyl sites for hydroxylation is 1. The van der Waals surface area contributed by atoms with E-state index in [1.54, 1.807) is 11.6 Å². The average Bonchev–Trinajstić information content (AvgIpc) is 2.74. The number of Topliss-reactive ketones (excluding diaryl/α,β-unsaturated/α-hetero) is 1. The van der Waals surface area contributed by atoms with Crippen molar-refractivity contribution in [2.24, 2.45) is 5.41 Å². The number of ketones is 1. The lowest BCUT2D eigenvalue weighted by molar-refractivity contribution is -0.124. The topological polar surface area (TPSA) is 37.3 Å². The molecule has 2 nitrogen and oxygen atoms in total. The highest BCUT2D eigenvalue weighted by Crippen LogP contribution is 2.56. The van der Waals surface area contributed by atoms with Gasteiger partial charge in [0.2, 0.25) is 0 Å². The predicted octanol–water partition coefficient (Wildman–Crippen LogP) is 3.88. The highest BCUT2D eigenvalue weighted by molar-refractivity contribution is 5.91. The molecule has 0 aliphatic heterocycles. The lowest BCUT2D eigenvalue weighted by Gasteiger charge is -2.40. The van der Waals surface area contributed by atoms with Gasteiger partial charge in [-0.25, -0.2) is 0 Å². The van der Waals surface area contributed by atoms with E-state index in [4.69, 9.17) is 0 Å². The Balaban J connectivity index is 1.85. The molecule has 1 fully saturated rings. The summed E-state index contributed by atoms with van der Waals surface area (Å²) in [4.78, 5) is 12.2. The van der Waals surface area contributed by atoms with Gasteiger partial charge in [-0.2, -0.15) is 0 Å². The van der Waals surface area contributed by atoms with Gasteiger partial charge in [0.15, 0.2) is 0 Å². The summed E-state index contributed by atoms with van der Waals surface area (Å²) in [5, 5.41) is 9.65. The van der Waals surface area contributed by atoms with E-state index in [0.717, 1.165) is 38.5 Å². The van der Waals surface area contributed by atoms with E-state index >= 15 is 0 Å². The van der Waals surface area contributed by atoms with E-state index in [2.05, 4.69) is 13.0 Å². The molecule has 1 saturated carbocycles. The Morgan fingerprint density at radius 1 is 1.20 bits per heavy atom. The van der Waals surface area contributed by atoms with Crippen molar-refractivity contribution in [1.29, 1.82) is 0 Å². The first-order valence-electron chi connectivity index (χ1n) is 7.67. The van der Waals surface area contributed by atoms with Crippen LogP contribution in [0, 0.1) is 5.41 Å². The molecule has 2 heteroatoms. The fourth-order valence-corrected chi connectivity index (χ4v) is 4.67. The van der Waals surface area contributed by atoms with Crippen molar-refractivity contribution in [2.45, 2.75) is 51.4 Å². The van der Waals surface area contributed by atoms with Gasteiger partial charge in [-0.05, 0) is 62.3 Å². The smallest absolute Gasteiger partial charge is 0.143 e. The maximum Gasteiger partial charge on any atom is 0.143 e. The van der Waals surface area contributed by atoms with Gasteiger partial charge in [-0.3, -0.25) is 4.79 Å². The molecule has 1 aromatic rings. The minimum Gasteiger partial charge on any atom is -0.508 e. The maximum absolute atomic E-state index is 12.2. The lowest BCUT2D eigenvalue weighted by Crippen LogP contribution is -2.31. The lowest BCUT2D eigenvalue weighted by atomic mass is 9.63. The monoisotopic (exact) mass is 268 g/mol. The van der Waals surface area contributed by atoms with Crippen LogP contribution in [-0.4, -0.2) is 10.9 Å². The third-order valence-electron chi connectivity index (χ3n) is 5.79. The number of benzene rings is 1. The summed E-state index contributed by atoms with van der Waals surface area (Å²) in [6.45, 7) is 2.16. The van der Waals surface area contributed by atoms with Gasteiger partial charge in [0, 0.05) is 17.8 Å². The van der Waals surface area contributed by atoms with Crippen LogP contribution >= 0.6 is 0 Å². The molecule has 0 saturated heterocycles. The molecule has 3 aliphatic rings. The van der Waals surface area contributed by atoms with Crippen molar-refractivity contribution in [2.75, 3.05) is 0 Å². The Morgan fingerprint density at radius 2 is 2.05 bits per heavy atom. The summed E-state index contributed by atoms with van der Waals surface area (Å²) >= 11 is 0. The molecule has 4 rings (SSSR count). The van der Waals surface area contributed by atoms with Crippen LogP contribution in [0.1, 0.15) is 56.1 Å². The van der Waals surface area contributed by atoms with Crippen molar-refractivity contribution < 1.29 is 9.90 Å². The molecule has 0 radical (unpaired) electrons. The van der Waals surface area contributed by atoms with Crippen molar-refractivity contribution in [3.05, 3.63) is 40.5 Å². The molecule has 0 unspecified atom stereocenters. The van der Waals surface area contributed by atoms with Crippen molar-refractivity contribution in [1.82, 2.24) is 0 Å². The maximum atomic E-state index is 12.2. The number of phenolic OH excluding ortho intramolecular Hbond substituents is 1. The van der Waals surface area contributed by atoms with Crippen molar-refractivity contribution in [3.63, 3.8) is 0 Å². The molecule has 1 aromatic carbocycles. The van der Waals surface area contributed by atoms with Crippen LogP contribution in [0.25, 0.3) is 0 Å². The molecule has 0 aromatic heterocycles. The minimum atomic E-state index is -0.153.